The molecule has 1 fully saturated rings. The maximum absolute atomic E-state index is 13.6. The van der Waals surface area contributed by atoms with Crippen molar-refractivity contribution in [3.8, 4) is 11.5 Å². The van der Waals surface area contributed by atoms with Crippen LogP contribution in [0.5, 0.6) is 11.5 Å². The van der Waals surface area contributed by atoms with E-state index in [1.165, 1.54) is 18.2 Å². The van der Waals surface area contributed by atoms with Gasteiger partial charge in [-0.25, -0.2) is 8.42 Å². The van der Waals surface area contributed by atoms with E-state index < -0.39 is 31.1 Å². The van der Waals surface area contributed by atoms with Crippen molar-refractivity contribution < 1.29 is 27.6 Å². The Balaban J connectivity index is 1.56. The normalized spacial score (nSPS) is 17.7. The highest BCUT2D eigenvalue weighted by atomic mass is 32.2. The SMILES string of the molecule is O=c1[nH]c2cc3c(cc2cc1CN(C[C@@H]1CCCO1)S(=O)(=O)c1ccccc1[N+](=O)[O-])OCCO3. The van der Waals surface area contributed by atoms with Gasteiger partial charge in [0.25, 0.3) is 11.2 Å². The average Bonchev–Trinajstić information content (AvgIpc) is 3.36. The Bertz CT molecular complexity index is 1450. The first-order valence-electron chi connectivity index (χ1n) is 11.1. The number of pyridine rings is 1. The van der Waals surface area contributed by atoms with Gasteiger partial charge in [0.1, 0.15) is 13.2 Å². The van der Waals surface area contributed by atoms with Crippen LogP contribution >= 0.6 is 0 Å². The number of H-pyrrole nitrogens is 1. The second-order valence-electron chi connectivity index (χ2n) is 8.36. The van der Waals surface area contributed by atoms with Gasteiger partial charge < -0.3 is 19.2 Å². The molecule has 0 saturated carbocycles. The lowest BCUT2D eigenvalue weighted by atomic mass is 10.1. The van der Waals surface area contributed by atoms with E-state index in [-0.39, 0.29) is 24.8 Å². The third-order valence-corrected chi connectivity index (χ3v) is 7.90. The van der Waals surface area contributed by atoms with Crippen LogP contribution in [0.2, 0.25) is 0 Å². The zero-order chi connectivity index (χ0) is 24.6. The molecule has 3 aromatic rings. The molecule has 0 unspecified atom stereocenters. The number of sulfonamides is 1. The van der Waals surface area contributed by atoms with E-state index in [4.69, 9.17) is 14.2 Å². The quantitative estimate of drug-likeness (QED) is 0.385. The first-order valence-corrected chi connectivity index (χ1v) is 12.6. The molecule has 0 bridgehead atoms. The number of nitrogens with zero attached hydrogens (tertiary/aromatic N) is 2. The van der Waals surface area contributed by atoms with E-state index in [9.17, 15) is 23.3 Å². The molecule has 1 aromatic heterocycles. The summed E-state index contributed by atoms with van der Waals surface area (Å²) in [5.74, 6) is 1.05. The predicted molar refractivity (Wildman–Crippen MR) is 125 cm³/mol. The van der Waals surface area contributed by atoms with Crippen molar-refractivity contribution in [1.82, 2.24) is 9.29 Å². The van der Waals surface area contributed by atoms with Crippen LogP contribution in [0.3, 0.4) is 0 Å². The number of para-hydroxylation sites is 1. The molecule has 1 N–H and O–H groups in total. The van der Waals surface area contributed by atoms with Crippen LogP contribution in [-0.4, -0.2) is 55.1 Å². The largest absolute Gasteiger partial charge is 0.486 e. The Morgan fingerprint density at radius 3 is 2.54 bits per heavy atom. The molecule has 184 valence electrons. The van der Waals surface area contributed by atoms with Crippen LogP contribution in [0.4, 0.5) is 5.69 Å². The molecule has 0 aliphatic carbocycles. The van der Waals surface area contributed by atoms with Crippen molar-refractivity contribution >= 4 is 26.6 Å². The van der Waals surface area contributed by atoms with E-state index >= 15 is 0 Å². The van der Waals surface area contributed by atoms with Crippen molar-refractivity contribution in [2.45, 2.75) is 30.4 Å². The van der Waals surface area contributed by atoms with Crippen molar-refractivity contribution in [1.29, 1.82) is 0 Å². The average molecular weight is 502 g/mol. The molecular weight excluding hydrogens is 478 g/mol. The summed E-state index contributed by atoms with van der Waals surface area (Å²) in [5, 5.41) is 12.2. The van der Waals surface area contributed by atoms with Gasteiger partial charge in [0, 0.05) is 42.8 Å². The van der Waals surface area contributed by atoms with Gasteiger partial charge in [-0.2, -0.15) is 4.31 Å². The summed E-state index contributed by atoms with van der Waals surface area (Å²) < 4.78 is 45.2. The molecule has 3 heterocycles. The lowest BCUT2D eigenvalue weighted by Crippen LogP contribution is -2.38. The Labute approximate surface area is 200 Å². The molecule has 0 radical (unpaired) electrons. The zero-order valence-electron chi connectivity index (χ0n) is 18.6. The van der Waals surface area contributed by atoms with Gasteiger partial charge in [0.05, 0.1) is 16.5 Å². The standard InChI is InChI=1S/C23H23N3O8S/c27-23-16(10-15-11-20-21(12-18(15)24-23)34-9-8-33-20)13-25(14-17-4-3-7-32-17)35(30,31)22-6-2-1-5-19(22)26(28)29/h1-2,5-6,10-12,17H,3-4,7-9,13-14H2,(H,24,27)/t17-/m0/s1. The first-order chi connectivity index (χ1) is 16.8. The van der Waals surface area contributed by atoms with E-state index in [2.05, 4.69) is 4.98 Å². The minimum atomic E-state index is -4.33. The number of nitro groups is 1. The third-order valence-electron chi connectivity index (χ3n) is 6.04. The van der Waals surface area contributed by atoms with Crippen LogP contribution in [0, 0.1) is 10.1 Å². The number of ether oxygens (including phenoxy) is 3. The molecule has 1 saturated heterocycles. The van der Waals surface area contributed by atoms with Gasteiger partial charge in [-0.1, -0.05) is 12.1 Å². The van der Waals surface area contributed by atoms with Crippen molar-refractivity contribution in [2.75, 3.05) is 26.4 Å². The number of aromatic nitrogens is 1. The van der Waals surface area contributed by atoms with Gasteiger partial charge >= 0.3 is 0 Å². The van der Waals surface area contributed by atoms with Gasteiger partial charge in [0.2, 0.25) is 10.0 Å². The summed E-state index contributed by atoms with van der Waals surface area (Å²) in [7, 11) is -4.33. The number of nitrogens with one attached hydrogen (secondary N) is 1. The maximum atomic E-state index is 13.6. The molecule has 2 aliphatic rings. The smallest absolute Gasteiger partial charge is 0.289 e. The molecule has 0 amide bonds. The monoisotopic (exact) mass is 501 g/mol. The summed E-state index contributed by atoms with van der Waals surface area (Å²) in [6, 6.07) is 10.2. The number of fused-ring (bicyclic) bond motifs is 2. The Hall–Kier alpha value is -3.48. The number of nitro benzene ring substituents is 1. The van der Waals surface area contributed by atoms with Crippen LogP contribution in [0.15, 0.2) is 52.2 Å². The molecule has 2 aliphatic heterocycles. The van der Waals surface area contributed by atoms with Crippen LogP contribution in [0.1, 0.15) is 18.4 Å². The molecule has 12 heteroatoms. The van der Waals surface area contributed by atoms with Gasteiger partial charge in [-0.15, -0.1) is 0 Å². The second kappa shape index (κ2) is 9.29. The minimum Gasteiger partial charge on any atom is -0.486 e. The molecule has 11 nitrogen and oxygen atoms in total. The highest BCUT2D eigenvalue weighted by Crippen LogP contribution is 2.34. The summed E-state index contributed by atoms with van der Waals surface area (Å²) in [4.78, 5) is 26.1. The maximum Gasteiger partial charge on any atom is 0.289 e. The van der Waals surface area contributed by atoms with E-state index in [0.29, 0.717) is 48.6 Å². The molecule has 2 aromatic carbocycles. The Kier molecular flexibility index (Phi) is 6.17. The van der Waals surface area contributed by atoms with Gasteiger partial charge in [-0.05, 0) is 31.0 Å². The van der Waals surface area contributed by atoms with Crippen LogP contribution in [-0.2, 0) is 21.3 Å². The third kappa shape index (κ3) is 4.59. The fourth-order valence-electron chi connectivity index (χ4n) is 4.32. The van der Waals surface area contributed by atoms with E-state index in [1.807, 2.05) is 0 Å². The topological polar surface area (TPSA) is 141 Å². The molecule has 35 heavy (non-hydrogen) atoms. The zero-order valence-corrected chi connectivity index (χ0v) is 19.5. The van der Waals surface area contributed by atoms with Crippen molar-refractivity contribution in [3.63, 3.8) is 0 Å². The lowest BCUT2D eigenvalue weighted by Gasteiger charge is -2.25. The summed E-state index contributed by atoms with van der Waals surface area (Å²) in [6.45, 7) is 0.995. The number of benzene rings is 2. The fraction of sp³-hybridized carbons (Fsp3) is 0.348. The number of hydrogen-bond donors (Lipinski definition) is 1. The summed E-state index contributed by atoms with van der Waals surface area (Å²) in [5.41, 5.74) is -0.283. The Morgan fingerprint density at radius 2 is 1.83 bits per heavy atom. The highest BCUT2D eigenvalue weighted by Gasteiger charge is 2.34. The first kappa shape index (κ1) is 23.3. The number of aromatic amines is 1. The number of rotatable bonds is 7. The molecule has 1 atom stereocenters. The van der Waals surface area contributed by atoms with Crippen molar-refractivity contribution in [3.05, 3.63) is 68.5 Å². The van der Waals surface area contributed by atoms with E-state index in [0.717, 1.165) is 16.8 Å². The molecular formula is C23H23N3O8S. The molecule has 5 rings (SSSR count). The van der Waals surface area contributed by atoms with Crippen LogP contribution in [0.25, 0.3) is 10.9 Å². The van der Waals surface area contributed by atoms with Gasteiger partial charge in [0.15, 0.2) is 16.4 Å². The van der Waals surface area contributed by atoms with E-state index in [1.54, 1.807) is 18.2 Å². The fourth-order valence-corrected chi connectivity index (χ4v) is 5.93. The lowest BCUT2D eigenvalue weighted by molar-refractivity contribution is -0.387. The van der Waals surface area contributed by atoms with Crippen LogP contribution < -0.4 is 15.0 Å². The second-order valence-corrected chi connectivity index (χ2v) is 10.3. The van der Waals surface area contributed by atoms with Crippen molar-refractivity contribution in [2.24, 2.45) is 0 Å². The minimum absolute atomic E-state index is 0.0347. The highest BCUT2D eigenvalue weighted by molar-refractivity contribution is 7.89. The number of hydrogen-bond acceptors (Lipinski definition) is 8. The summed E-state index contributed by atoms with van der Waals surface area (Å²) >= 11 is 0. The summed E-state index contributed by atoms with van der Waals surface area (Å²) in [6.07, 6.45) is 1.07. The predicted octanol–water partition coefficient (Wildman–Crippen LogP) is 2.58. The molecule has 0 spiro atoms. The van der Waals surface area contributed by atoms with Gasteiger partial charge in [-0.3, -0.25) is 14.9 Å². The Morgan fingerprint density at radius 1 is 1.09 bits per heavy atom.